The van der Waals surface area contributed by atoms with Crippen molar-refractivity contribution in [2.75, 3.05) is 18.5 Å². The van der Waals surface area contributed by atoms with Crippen molar-refractivity contribution in [3.63, 3.8) is 0 Å². The van der Waals surface area contributed by atoms with Gasteiger partial charge in [-0.15, -0.1) is 0 Å². The van der Waals surface area contributed by atoms with Gasteiger partial charge in [-0.3, -0.25) is 9.89 Å². The quantitative estimate of drug-likeness (QED) is 0.820. The lowest BCUT2D eigenvalue weighted by Gasteiger charge is -2.07. The molecule has 0 fully saturated rings. The lowest BCUT2D eigenvalue weighted by atomic mass is 10.3. The van der Waals surface area contributed by atoms with E-state index in [0.717, 1.165) is 17.9 Å². The summed E-state index contributed by atoms with van der Waals surface area (Å²) in [6, 6.07) is 8.94. The van der Waals surface area contributed by atoms with E-state index in [0.29, 0.717) is 18.2 Å². The molecule has 2 rings (SSSR count). The summed E-state index contributed by atoms with van der Waals surface area (Å²) < 4.78 is 10.7. The number of anilines is 1. The monoisotopic (exact) mass is 289 g/mol. The van der Waals surface area contributed by atoms with Gasteiger partial charge in [-0.25, -0.2) is 0 Å². The summed E-state index contributed by atoms with van der Waals surface area (Å²) >= 11 is 0. The van der Waals surface area contributed by atoms with Crippen molar-refractivity contribution >= 4 is 11.7 Å². The van der Waals surface area contributed by atoms with Gasteiger partial charge in [-0.1, -0.05) is 6.92 Å². The van der Waals surface area contributed by atoms with Crippen molar-refractivity contribution in [3.8, 4) is 11.5 Å². The Morgan fingerprint density at radius 2 is 1.86 bits per heavy atom. The summed E-state index contributed by atoms with van der Waals surface area (Å²) in [5.41, 5.74) is 0.970. The highest BCUT2D eigenvalue weighted by Crippen LogP contribution is 2.17. The number of nitrogens with one attached hydrogen (secondary N) is 2. The number of hydrogen-bond donors (Lipinski definition) is 2. The molecule has 0 spiro atoms. The lowest BCUT2D eigenvalue weighted by Crippen LogP contribution is -2.20. The molecular weight excluding hydrogens is 270 g/mol. The third-order valence-electron chi connectivity index (χ3n) is 2.78. The lowest BCUT2D eigenvalue weighted by molar-refractivity contribution is -0.118. The second-order valence-electron chi connectivity index (χ2n) is 4.37. The molecule has 6 nitrogen and oxygen atoms in total. The Bertz CT molecular complexity index is 578. The molecule has 2 aromatic rings. The largest absolute Gasteiger partial charge is 0.494 e. The first kappa shape index (κ1) is 14.9. The molecule has 0 atom stereocenters. The summed E-state index contributed by atoms with van der Waals surface area (Å²) in [5, 5.41) is 9.49. The first-order valence-electron chi connectivity index (χ1n) is 6.91. The van der Waals surface area contributed by atoms with Crippen LogP contribution in [0.4, 0.5) is 5.82 Å². The molecule has 2 N–H and O–H groups in total. The summed E-state index contributed by atoms with van der Waals surface area (Å²) in [5.74, 6) is 1.65. The Morgan fingerprint density at radius 3 is 2.43 bits per heavy atom. The van der Waals surface area contributed by atoms with Gasteiger partial charge in [-0.2, -0.15) is 5.10 Å². The van der Waals surface area contributed by atoms with Crippen LogP contribution >= 0.6 is 0 Å². The molecule has 6 heteroatoms. The van der Waals surface area contributed by atoms with Crippen molar-refractivity contribution in [2.45, 2.75) is 20.3 Å². The normalized spacial score (nSPS) is 10.2. The zero-order chi connectivity index (χ0) is 15.1. The summed E-state index contributed by atoms with van der Waals surface area (Å²) in [6.07, 6.45) is 0.839. The summed E-state index contributed by atoms with van der Waals surface area (Å²) in [7, 11) is 0. The van der Waals surface area contributed by atoms with Gasteiger partial charge >= 0.3 is 0 Å². The molecule has 21 heavy (non-hydrogen) atoms. The predicted octanol–water partition coefficient (Wildman–Crippen LogP) is 2.39. The maximum absolute atomic E-state index is 11.7. The van der Waals surface area contributed by atoms with E-state index in [2.05, 4.69) is 15.5 Å². The minimum atomic E-state index is -0.252. The number of rotatable bonds is 7. The number of carbonyl (C=O) groups is 1. The van der Waals surface area contributed by atoms with E-state index in [-0.39, 0.29) is 12.5 Å². The fourth-order valence-corrected chi connectivity index (χ4v) is 1.73. The van der Waals surface area contributed by atoms with Gasteiger partial charge in [0.25, 0.3) is 5.91 Å². The Balaban J connectivity index is 1.80. The van der Waals surface area contributed by atoms with E-state index in [1.807, 2.05) is 13.8 Å². The van der Waals surface area contributed by atoms with E-state index in [9.17, 15) is 4.79 Å². The average Bonchev–Trinajstić information content (AvgIpc) is 2.94. The number of ether oxygens (including phenoxy) is 2. The minimum Gasteiger partial charge on any atom is -0.494 e. The predicted molar refractivity (Wildman–Crippen MR) is 79.7 cm³/mol. The molecule has 1 amide bonds. The average molecular weight is 289 g/mol. The van der Waals surface area contributed by atoms with Crippen molar-refractivity contribution < 1.29 is 14.3 Å². The number of hydrogen-bond acceptors (Lipinski definition) is 4. The third kappa shape index (κ3) is 4.52. The van der Waals surface area contributed by atoms with Crippen LogP contribution in [0, 0.1) is 0 Å². The van der Waals surface area contributed by atoms with Crippen LogP contribution in [0.3, 0.4) is 0 Å². The molecule has 0 unspecified atom stereocenters. The Hall–Kier alpha value is -2.50. The van der Waals surface area contributed by atoms with Gasteiger partial charge in [0.05, 0.1) is 6.61 Å². The maximum atomic E-state index is 11.7. The molecular formula is C15H19N3O3. The first-order valence-corrected chi connectivity index (χ1v) is 6.91. The molecule has 0 saturated heterocycles. The number of amides is 1. The van der Waals surface area contributed by atoms with Crippen LogP contribution in [0.2, 0.25) is 0 Å². The maximum Gasteiger partial charge on any atom is 0.263 e. The highest BCUT2D eigenvalue weighted by atomic mass is 16.5. The fourth-order valence-electron chi connectivity index (χ4n) is 1.73. The van der Waals surface area contributed by atoms with E-state index >= 15 is 0 Å². The van der Waals surface area contributed by atoms with Crippen molar-refractivity contribution in [3.05, 3.63) is 36.0 Å². The molecule has 0 aliphatic carbocycles. The van der Waals surface area contributed by atoms with E-state index in [4.69, 9.17) is 9.47 Å². The van der Waals surface area contributed by atoms with Crippen LogP contribution in [-0.2, 0) is 11.2 Å². The van der Waals surface area contributed by atoms with E-state index < -0.39 is 0 Å². The van der Waals surface area contributed by atoms with Crippen molar-refractivity contribution in [1.29, 1.82) is 0 Å². The van der Waals surface area contributed by atoms with E-state index in [1.54, 1.807) is 30.3 Å². The highest BCUT2D eigenvalue weighted by Gasteiger charge is 2.06. The van der Waals surface area contributed by atoms with Crippen LogP contribution in [0.1, 0.15) is 19.5 Å². The molecule has 0 saturated carbocycles. The zero-order valence-electron chi connectivity index (χ0n) is 12.2. The highest BCUT2D eigenvalue weighted by molar-refractivity contribution is 5.90. The summed E-state index contributed by atoms with van der Waals surface area (Å²) in [4.78, 5) is 11.7. The standard InChI is InChI=1S/C15H19N3O3/c1-3-11-9-14(18-17-11)16-15(19)10-21-13-7-5-12(6-8-13)20-4-2/h5-9H,3-4,10H2,1-2H3,(H2,16,17,18,19). The Morgan fingerprint density at radius 1 is 1.19 bits per heavy atom. The molecule has 1 aromatic heterocycles. The molecule has 0 aliphatic heterocycles. The van der Waals surface area contributed by atoms with Crippen LogP contribution in [-0.4, -0.2) is 29.3 Å². The molecule has 112 valence electrons. The van der Waals surface area contributed by atoms with Gasteiger partial charge in [0.1, 0.15) is 11.5 Å². The number of nitrogens with zero attached hydrogens (tertiary/aromatic N) is 1. The van der Waals surface area contributed by atoms with Gasteiger partial charge < -0.3 is 14.8 Å². The number of H-pyrrole nitrogens is 1. The molecule has 0 radical (unpaired) electrons. The Kier molecular flexibility index (Phi) is 5.20. The molecule has 1 aromatic carbocycles. The Labute approximate surface area is 123 Å². The zero-order valence-corrected chi connectivity index (χ0v) is 12.2. The fraction of sp³-hybridized carbons (Fsp3) is 0.333. The number of aromatic nitrogens is 2. The van der Waals surface area contributed by atoms with E-state index in [1.165, 1.54) is 0 Å². The number of carbonyl (C=O) groups excluding carboxylic acids is 1. The SMILES string of the molecule is CCOc1ccc(OCC(=O)Nc2cc(CC)[nH]n2)cc1. The summed E-state index contributed by atoms with van der Waals surface area (Å²) in [6.45, 7) is 4.48. The molecule has 1 heterocycles. The topological polar surface area (TPSA) is 76.2 Å². The van der Waals surface area contributed by atoms with Gasteiger partial charge in [-0.05, 0) is 37.6 Å². The number of aromatic amines is 1. The number of benzene rings is 1. The second-order valence-corrected chi connectivity index (χ2v) is 4.37. The van der Waals surface area contributed by atoms with Gasteiger partial charge in [0, 0.05) is 11.8 Å². The smallest absolute Gasteiger partial charge is 0.263 e. The van der Waals surface area contributed by atoms with Crippen LogP contribution in [0.15, 0.2) is 30.3 Å². The van der Waals surface area contributed by atoms with Gasteiger partial charge in [0.2, 0.25) is 0 Å². The number of aryl methyl sites for hydroxylation is 1. The second kappa shape index (κ2) is 7.33. The molecule has 0 bridgehead atoms. The van der Waals surface area contributed by atoms with Crippen molar-refractivity contribution in [1.82, 2.24) is 10.2 Å². The minimum absolute atomic E-state index is 0.0672. The van der Waals surface area contributed by atoms with Crippen LogP contribution in [0.5, 0.6) is 11.5 Å². The molecule has 0 aliphatic rings. The van der Waals surface area contributed by atoms with Gasteiger partial charge in [0.15, 0.2) is 12.4 Å². The first-order chi connectivity index (χ1) is 10.2. The van der Waals surface area contributed by atoms with Crippen molar-refractivity contribution in [2.24, 2.45) is 0 Å². The third-order valence-corrected chi connectivity index (χ3v) is 2.78. The van der Waals surface area contributed by atoms with Crippen LogP contribution < -0.4 is 14.8 Å². The van der Waals surface area contributed by atoms with Crippen LogP contribution in [0.25, 0.3) is 0 Å².